The quantitative estimate of drug-likeness (QED) is 0.896. The van der Waals surface area contributed by atoms with Crippen LogP contribution >= 0.6 is 0 Å². The Bertz CT molecular complexity index is 536. The van der Waals surface area contributed by atoms with Gasteiger partial charge in [0.1, 0.15) is 5.69 Å². The second kappa shape index (κ2) is 5.85. The summed E-state index contributed by atoms with van der Waals surface area (Å²) < 4.78 is 6.99. The van der Waals surface area contributed by atoms with Gasteiger partial charge in [0, 0.05) is 12.7 Å². The molecule has 0 spiro atoms. The first-order valence-corrected chi connectivity index (χ1v) is 7.33. The van der Waals surface area contributed by atoms with Crippen molar-refractivity contribution >= 4 is 11.9 Å². The molecule has 2 heterocycles. The molecular formula is C14H19N3O4. The Kier molecular flexibility index (Phi) is 3.92. The number of carboxylic acid groups (broad SMARTS) is 1. The van der Waals surface area contributed by atoms with Gasteiger partial charge in [-0.2, -0.15) is 5.10 Å². The van der Waals surface area contributed by atoms with Crippen molar-refractivity contribution in [2.45, 2.75) is 37.8 Å². The molecule has 1 saturated carbocycles. The van der Waals surface area contributed by atoms with E-state index < -0.39 is 12.0 Å². The van der Waals surface area contributed by atoms with Crippen LogP contribution in [0.25, 0.3) is 0 Å². The van der Waals surface area contributed by atoms with Crippen molar-refractivity contribution in [1.29, 1.82) is 0 Å². The number of nitrogens with zero attached hydrogens (tertiary/aromatic N) is 3. The summed E-state index contributed by atoms with van der Waals surface area (Å²) in [6.45, 7) is 0.676. The number of carbonyl (C=O) groups excluding carboxylic acids is 1. The average Bonchev–Trinajstić information content (AvgIpc) is 3.17. The fourth-order valence-electron chi connectivity index (χ4n) is 3.02. The van der Waals surface area contributed by atoms with Gasteiger partial charge in [0.2, 0.25) is 0 Å². The number of carboxylic acids is 1. The Labute approximate surface area is 122 Å². The molecule has 7 heteroatoms. The van der Waals surface area contributed by atoms with E-state index in [1.165, 1.54) is 17.7 Å². The molecule has 1 aliphatic carbocycles. The second-order valence-corrected chi connectivity index (χ2v) is 5.55. The molecule has 1 saturated heterocycles. The number of amides is 1. The number of aliphatic carboxylic acids is 1. The Morgan fingerprint density at radius 1 is 1.33 bits per heavy atom. The lowest BCUT2D eigenvalue weighted by molar-refractivity contribution is -0.147. The molecule has 1 unspecified atom stereocenters. The van der Waals surface area contributed by atoms with Gasteiger partial charge in [0.15, 0.2) is 6.04 Å². The maximum atomic E-state index is 12.5. The summed E-state index contributed by atoms with van der Waals surface area (Å²) in [6.07, 6.45) is 6.38. The molecule has 2 fully saturated rings. The van der Waals surface area contributed by atoms with Crippen LogP contribution in [-0.2, 0) is 9.53 Å². The number of aromatic nitrogens is 2. The summed E-state index contributed by atoms with van der Waals surface area (Å²) in [5, 5.41) is 13.5. The third kappa shape index (κ3) is 2.78. The summed E-state index contributed by atoms with van der Waals surface area (Å²) in [5.74, 6) is -1.37. The summed E-state index contributed by atoms with van der Waals surface area (Å²) in [4.78, 5) is 25.0. The summed E-state index contributed by atoms with van der Waals surface area (Å²) in [6, 6.07) is 1.11. The lowest BCUT2D eigenvalue weighted by atomic mass is 10.2. The van der Waals surface area contributed by atoms with E-state index in [1.807, 2.05) is 10.9 Å². The maximum absolute atomic E-state index is 12.5. The van der Waals surface area contributed by atoms with Gasteiger partial charge < -0.3 is 14.7 Å². The molecule has 3 rings (SSSR count). The minimum atomic E-state index is -1.04. The van der Waals surface area contributed by atoms with Gasteiger partial charge in [-0.05, 0) is 18.9 Å². The minimum Gasteiger partial charge on any atom is -0.480 e. The monoisotopic (exact) mass is 293 g/mol. The smallest absolute Gasteiger partial charge is 0.328 e. The Hall–Kier alpha value is -1.89. The zero-order valence-electron chi connectivity index (χ0n) is 11.8. The normalized spacial score (nSPS) is 23.4. The van der Waals surface area contributed by atoms with Gasteiger partial charge in [-0.25, -0.2) is 4.79 Å². The van der Waals surface area contributed by atoms with Crippen LogP contribution in [0.2, 0.25) is 0 Å². The van der Waals surface area contributed by atoms with Crippen LogP contribution in [-0.4, -0.2) is 57.5 Å². The molecule has 7 nitrogen and oxygen atoms in total. The van der Waals surface area contributed by atoms with E-state index in [2.05, 4.69) is 5.10 Å². The van der Waals surface area contributed by atoms with E-state index in [0.717, 1.165) is 12.8 Å². The van der Waals surface area contributed by atoms with Crippen molar-refractivity contribution in [2.75, 3.05) is 19.8 Å². The number of hydrogen-bond acceptors (Lipinski definition) is 4. The van der Waals surface area contributed by atoms with E-state index in [4.69, 9.17) is 4.74 Å². The Morgan fingerprint density at radius 3 is 2.81 bits per heavy atom. The second-order valence-electron chi connectivity index (χ2n) is 5.55. The van der Waals surface area contributed by atoms with Crippen LogP contribution in [0.1, 0.15) is 42.2 Å². The van der Waals surface area contributed by atoms with E-state index in [-0.39, 0.29) is 19.1 Å². The molecule has 1 amide bonds. The van der Waals surface area contributed by atoms with Crippen molar-refractivity contribution in [3.05, 3.63) is 18.0 Å². The summed E-state index contributed by atoms with van der Waals surface area (Å²) in [7, 11) is 0. The number of rotatable bonds is 3. The summed E-state index contributed by atoms with van der Waals surface area (Å²) in [5.41, 5.74) is 0.315. The Morgan fingerprint density at radius 2 is 2.10 bits per heavy atom. The van der Waals surface area contributed by atoms with Crippen LogP contribution < -0.4 is 0 Å². The van der Waals surface area contributed by atoms with Crippen molar-refractivity contribution in [1.82, 2.24) is 14.7 Å². The zero-order valence-corrected chi connectivity index (χ0v) is 11.8. The first-order valence-electron chi connectivity index (χ1n) is 7.33. The van der Waals surface area contributed by atoms with Crippen molar-refractivity contribution in [3.63, 3.8) is 0 Å². The third-order valence-electron chi connectivity index (χ3n) is 4.20. The van der Waals surface area contributed by atoms with Gasteiger partial charge in [0.05, 0.1) is 19.3 Å². The van der Waals surface area contributed by atoms with Gasteiger partial charge in [-0.1, -0.05) is 12.8 Å². The van der Waals surface area contributed by atoms with Crippen LogP contribution in [0.5, 0.6) is 0 Å². The maximum Gasteiger partial charge on any atom is 0.328 e. The first-order chi connectivity index (χ1) is 10.2. The average molecular weight is 293 g/mol. The predicted molar refractivity (Wildman–Crippen MR) is 73.0 cm³/mol. The highest BCUT2D eigenvalue weighted by Gasteiger charge is 2.34. The first kappa shape index (κ1) is 14.1. The standard InChI is InChI=1S/C14H19N3O4/c18-13(16-7-8-21-9-12(16)14(19)20)11-5-6-17(15-11)10-3-1-2-4-10/h5-6,10,12H,1-4,7-9H2,(H,19,20). The molecule has 114 valence electrons. The largest absolute Gasteiger partial charge is 0.480 e. The number of carbonyl (C=O) groups is 2. The van der Waals surface area contributed by atoms with E-state index in [1.54, 1.807) is 6.07 Å². The van der Waals surface area contributed by atoms with Crippen molar-refractivity contribution in [3.8, 4) is 0 Å². The van der Waals surface area contributed by atoms with Gasteiger partial charge in [-0.15, -0.1) is 0 Å². The van der Waals surface area contributed by atoms with Crippen molar-refractivity contribution < 1.29 is 19.4 Å². The molecule has 0 radical (unpaired) electrons. The molecule has 1 aromatic heterocycles. The molecule has 2 aliphatic rings. The SMILES string of the molecule is O=C(O)C1COCCN1C(=O)c1ccn(C2CCCC2)n1. The topological polar surface area (TPSA) is 84.7 Å². The highest BCUT2D eigenvalue weighted by Crippen LogP contribution is 2.28. The molecular weight excluding hydrogens is 274 g/mol. The number of hydrogen-bond donors (Lipinski definition) is 1. The lowest BCUT2D eigenvalue weighted by Gasteiger charge is -2.32. The number of morpholine rings is 1. The Balaban J connectivity index is 1.76. The predicted octanol–water partition coefficient (Wildman–Crippen LogP) is 0.924. The minimum absolute atomic E-state index is 0.0321. The third-order valence-corrected chi connectivity index (χ3v) is 4.20. The van der Waals surface area contributed by atoms with Crippen LogP contribution in [0.4, 0.5) is 0 Å². The molecule has 1 atom stereocenters. The highest BCUT2D eigenvalue weighted by atomic mass is 16.5. The molecule has 0 bridgehead atoms. The van der Waals surface area contributed by atoms with Crippen LogP contribution in [0.15, 0.2) is 12.3 Å². The number of ether oxygens (including phenoxy) is 1. The molecule has 0 aromatic carbocycles. The lowest BCUT2D eigenvalue weighted by Crippen LogP contribution is -2.52. The van der Waals surface area contributed by atoms with Gasteiger partial charge >= 0.3 is 5.97 Å². The van der Waals surface area contributed by atoms with E-state index in [9.17, 15) is 14.7 Å². The summed E-state index contributed by atoms with van der Waals surface area (Å²) >= 11 is 0. The fraction of sp³-hybridized carbons (Fsp3) is 0.643. The zero-order chi connectivity index (χ0) is 14.8. The molecule has 1 aliphatic heterocycles. The van der Waals surface area contributed by atoms with E-state index in [0.29, 0.717) is 18.3 Å². The van der Waals surface area contributed by atoms with Gasteiger partial charge in [-0.3, -0.25) is 9.48 Å². The molecule has 1 aromatic rings. The van der Waals surface area contributed by atoms with Gasteiger partial charge in [0.25, 0.3) is 5.91 Å². The van der Waals surface area contributed by atoms with Crippen LogP contribution in [0, 0.1) is 0 Å². The van der Waals surface area contributed by atoms with Crippen molar-refractivity contribution in [2.24, 2.45) is 0 Å². The molecule has 1 N–H and O–H groups in total. The highest BCUT2D eigenvalue weighted by molar-refractivity contribution is 5.95. The molecule has 21 heavy (non-hydrogen) atoms. The van der Waals surface area contributed by atoms with E-state index >= 15 is 0 Å². The fourth-order valence-corrected chi connectivity index (χ4v) is 3.02. The van der Waals surface area contributed by atoms with Crippen LogP contribution in [0.3, 0.4) is 0 Å².